The Labute approximate surface area is 115 Å². The van der Waals surface area contributed by atoms with E-state index in [1.54, 1.807) is 0 Å². The van der Waals surface area contributed by atoms with Crippen molar-refractivity contribution in [3.63, 3.8) is 0 Å². The largest absolute Gasteiger partial charge is 0.380 e. The Kier molecular flexibility index (Phi) is 4.72. The van der Waals surface area contributed by atoms with Gasteiger partial charge in [-0.1, -0.05) is 6.07 Å². The number of carbonyl (C=O) groups is 1. The average molecular weight is 261 g/mol. The molecule has 0 aromatic heterocycles. The molecule has 1 aliphatic rings. The highest BCUT2D eigenvalue weighted by Crippen LogP contribution is 2.16. The molecule has 19 heavy (non-hydrogen) atoms. The van der Waals surface area contributed by atoms with Crippen LogP contribution in [0.2, 0.25) is 0 Å². The summed E-state index contributed by atoms with van der Waals surface area (Å²) in [5, 5.41) is 0. The summed E-state index contributed by atoms with van der Waals surface area (Å²) in [6.45, 7) is 10.0. The summed E-state index contributed by atoms with van der Waals surface area (Å²) in [7, 11) is 0. The van der Waals surface area contributed by atoms with Crippen molar-refractivity contribution < 1.29 is 9.53 Å². The highest BCUT2D eigenvalue weighted by Gasteiger charge is 2.16. The van der Waals surface area contributed by atoms with E-state index in [1.165, 1.54) is 11.1 Å². The summed E-state index contributed by atoms with van der Waals surface area (Å²) < 4.78 is 5.42. The number of Topliss-reactive ketones (excluding diaryl/α,β-unsaturated/α-hetero) is 1. The summed E-state index contributed by atoms with van der Waals surface area (Å²) in [5.41, 5.74) is 4.39. The van der Waals surface area contributed by atoms with E-state index < -0.39 is 0 Å². The van der Waals surface area contributed by atoms with Crippen LogP contribution in [0.25, 0.3) is 0 Å². The molecule has 1 fully saturated rings. The van der Waals surface area contributed by atoms with Gasteiger partial charge >= 0.3 is 0 Å². The zero-order valence-corrected chi connectivity index (χ0v) is 12.2. The van der Waals surface area contributed by atoms with Crippen LogP contribution in [0.3, 0.4) is 0 Å². The van der Waals surface area contributed by atoms with Crippen LogP contribution in [0.1, 0.15) is 33.5 Å². The van der Waals surface area contributed by atoms with E-state index in [0.717, 1.165) is 43.9 Å². The second kappa shape index (κ2) is 6.31. The fraction of sp³-hybridized carbons (Fsp3) is 0.562. The van der Waals surface area contributed by atoms with Gasteiger partial charge in [0.25, 0.3) is 0 Å². The van der Waals surface area contributed by atoms with Crippen molar-refractivity contribution in [2.75, 3.05) is 32.8 Å². The predicted molar refractivity (Wildman–Crippen MR) is 76.9 cm³/mol. The lowest BCUT2D eigenvalue weighted by molar-refractivity contribution is 0.0921. The van der Waals surface area contributed by atoms with Gasteiger partial charge in [0.05, 0.1) is 13.2 Å². The monoisotopic (exact) mass is 261 g/mol. The first-order valence-corrected chi connectivity index (χ1v) is 6.99. The maximum atomic E-state index is 12.4. The quantitative estimate of drug-likeness (QED) is 0.783. The molecule has 0 aliphatic carbocycles. The lowest BCUT2D eigenvalue weighted by Crippen LogP contribution is -2.32. The summed E-state index contributed by atoms with van der Waals surface area (Å²) >= 11 is 0. The molecule has 0 bridgehead atoms. The van der Waals surface area contributed by atoms with Gasteiger partial charge in [-0.05, 0) is 49.9 Å². The second-order valence-electron chi connectivity index (χ2n) is 5.42. The fourth-order valence-electron chi connectivity index (χ4n) is 2.51. The number of carbonyl (C=O) groups excluding carboxylic acids is 1. The molecule has 0 atom stereocenters. The zero-order valence-electron chi connectivity index (χ0n) is 12.2. The molecular formula is C16H23NO2. The highest BCUT2D eigenvalue weighted by atomic mass is 16.5. The van der Waals surface area contributed by atoms with Gasteiger partial charge in [-0.25, -0.2) is 0 Å². The summed E-state index contributed by atoms with van der Waals surface area (Å²) in [6.07, 6.45) is 1.01. The first kappa shape index (κ1) is 14.2. The van der Waals surface area contributed by atoms with Gasteiger partial charge in [0.15, 0.2) is 5.78 Å². The number of benzene rings is 1. The number of ketones is 1. The molecule has 0 spiro atoms. The summed E-state index contributed by atoms with van der Waals surface area (Å²) in [6, 6.07) is 4.13. The van der Waals surface area contributed by atoms with Crippen molar-refractivity contribution in [2.24, 2.45) is 0 Å². The van der Waals surface area contributed by atoms with Crippen LogP contribution in [0.15, 0.2) is 12.1 Å². The van der Waals surface area contributed by atoms with E-state index in [0.29, 0.717) is 6.54 Å². The van der Waals surface area contributed by atoms with Crippen LogP contribution in [-0.4, -0.2) is 43.5 Å². The molecular weight excluding hydrogens is 238 g/mol. The van der Waals surface area contributed by atoms with Gasteiger partial charge in [0.2, 0.25) is 0 Å². The Hall–Kier alpha value is -1.19. The van der Waals surface area contributed by atoms with Crippen molar-refractivity contribution in [1.82, 2.24) is 4.90 Å². The maximum Gasteiger partial charge on any atom is 0.177 e. The second-order valence-corrected chi connectivity index (χ2v) is 5.42. The normalized spacial score (nSPS) is 17.2. The molecule has 0 saturated carbocycles. The van der Waals surface area contributed by atoms with E-state index in [2.05, 4.69) is 24.8 Å². The van der Waals surface area contributed by atoms with E-state index in [-0.39, 0.29) is 5.78 Å². The van der Waals surface area contributed by atoms with Gasteiger partial charge in [-0.2, -0.15) is 0 Å². The molecule has 1 aromatic carbocycles. The number of hydrogen-bond acceptors (Lipinski definition) is 3. The molecule has 2 rings (SSSR count). The van der Waals surface area contributed by atoms with Gasteiger partial charge in [0.1, 0.15) is 0 Å². The van der Waals surface area contributed by atoms with Crippen LogP contribution in [0.5, 0.6) is 0 Å². The summed E-state index contributed by atoms with van der Waals surface area (Å²) in [4.78, 5) is 14.6. The summed E-state index contributed by atoms with van der Waals surface area (Å²) in [5.74, 6) is 0.225. The van der Waals surface area contributed by atoms with Gasteiger partial charge in [-0.15, -0.1) is 0 Å². The number of nitrogens with zero attached hydrogens (tertiary/aromatic N) is 1. The Morgan fingerprint density at radius 1 is 1.11 bits per heavy atom. The highest BCUT2D eigenvalue weighted by molar-refractivity contribution is 5.99. The van der Waals surface area contributed by atoms with Crippen LogP contribution >= 0.6 is 0 Å². The zero-order chi connectivity index (χ0) is 13.8. The molecule has 0 N–H and O–H groups in total. The Bertz CT molecular complexity index is 460. The molecule has 0 amide bonds. The lowest BCUT2D eigenvalue weighted by atomic mass is 9.98. The van der Waals surface area contributed by atoms with Crippen LogP contribution in [0.4, 0.5) is 0 Å². The van der Waals surface area contributed by atoms with E-state index in [9.17, 15) is 4.79 Å². The first-order chi connectivity index (χ1) is 9.08. The molecule has 1 aliphatic heterocycles. The van der Waals surface area contributed by atoms with Crippen molar-refractivity contribution in [3.8, 4) is 0 Å². The van der Waals surface area contributed by atoms with Gasteiger partial charge in [-0.3, -0.25) is 9.69 Å². The van der Waals surface area contributed by atoms with Crippen LogP contribution in [0, 0.1) is 20.8 Å². The molecule has 104 valence electrons. The minimum absolute atomic E-state index is 0.225. The Morgan fingerprint density at radius 2 is 1.84 bits per heavy atom. The van der Waals surface area contributed by atoms with Gasteiger partial charge in [0, 0.05) is 25.3 Å². The number of hydrogen-bond donors (Lipinski definition) is 0. The molecule has 0 radical (unpaired) electrons. The van der Waals surface area contributed by atoms with Crippen LogP contribution in [-0.2, 0) is 4.74 Å². The standard InChI is InChI=1S/C16H23NO2/c1-12-9-14(3)15(10-13(12)2)16(18)11-17-5-4-7-19-8-6-17/h9-10H,4-8,11H2,1-3H3. The molecule has 0 unspecified atom stereocenters. The maximum absolute atomic E-state index is 12.4. The Balaban J connectivity index is 2.08. The lowest BCUT2D eigenvalue weighted by Gasteiger charge is -2.19. The third-order valence-corrected chi connectivity index (χ3v) is 3.82. The predicted octanol–water partition coefficient (Wildman–Crippen LogP) is 2.52. The van der Waals surface area contributed by atoms with Crippen molar-refractivity contribution in [2.45, 2.75) is 27.2 Å². The SMILES string of the molecule is Cc1cc(C)c(C(=O)CN2CCCOCC2)cc1C. The minimum Gasteiger partial charge on any atom is -0.380 e. The van der Waals surface area contributed by atoms with E-state index in [1.807, 2.05) is 13.0 Å². The fourth-order valence-corrected chi connectivity index (χ4v) is 2.51. The van der Waals surface area contributed by atoms with Crippen molar-refractivity contribution in [3.05, 3.63) is 34.4 Å². The first-order valence-electron chi connectivity index (χ1n) is 6.99. The van der Waals surface area contributed by atoms with Gasteiger partial charge < -0.3 is 4.74 Å². The third kappa shape index (κ3) is 3.64. The van der Waals surface area contributed by atoms with Crippen LogP contribution < -0.4 is 0 Å². The molecule has 1 aromatic rings. The number of rotatable bonds is 3. The number of aryl methyl sites for hydroxylation is 3. The molecule has 3 nitrogen and oxygen atoms in total. The van der Waals surface area contributed by atoms with E-state index in [4.69, 9.17) is 4.74 Å². The Morgan fingerprint density at radius 3 is 2.63 bits per heavy atom. The molecule has 3 heteroatoms. The number of ether oxygens (including phenoxy) is 1. The van der Waals surface area contributed by atoms with Crippen molar-refractivity contribution >= 4 is 5.78 Å². The smallest absolute Gasteiger partial charge is 0.177 e. The van der Waals surface area contributed by atoms with E-state index >= 15 is 0 Å². The average Bonchev–Trinajstić information content (AvgIpc) is 2.62. The molecule has 1 heterocycles. The minimum atomic E-state index is 0.225. The molecule has 1 saturated heterocycles. The van der Waals surface area contributed by atoms with Crippen molar-refractivity contribution in [1.29, 1.82) is 0 Å². The third-order valence-electron chi connectivity index (χ3n) is 3.82. The topological polar surface area (TPSA) is 29.5 Å².